The molecule has 1 nitrogen and oxygen atoms in total. The van der Waals surface area contributed by atoms with Gasteiger partial charge < -0.3 is 4.42 Å². The molecule has 0 radical (unpaired) electrons. The van der Waals surface area contributed by atoms with E-state index in [4.69, 9.17) is 4.42 Å². The second-order valence-corrected chi connectivity index (χ2v) is 2.32. The molecule has 0 saturated carbocycles. The SMILES string of the molecule is CC[C@@H](C)c1ccco1. The van der Waals surface area contributed by atoms with Crippen molar-refractivity contribution in [3.8, 4) is 0 Å². The molecule has 1 aromatic rings. The van der Waals surface area contributed by atoms with Gasteiger partial charge in [0.15, 0.2) is 0 Å². The minimum absolute atomic E-state index is 0.569. The lowest BCUT2D eigenvalue weighted by atomic mass is 10.1. The van der Waals surface area contributed by atoms with E-state index in [1.807, 2.05) is 12.1 Å². The third-order valence-electron chi connectivity index (χ3n) is 1.64. The maximum absolute atomic E-state index is 5.19. The standard InChI is InChI=1S/C8H12O/c1-3-7(2)8-5-4-6-9-8/h4-7H,3H2,1-2H3/t7-/m1/s1. The Morgan fingerprint density at radius 1 is 1.67 bits per heavy atom. The van der Waals surface area contributed by atoms with E-state index in [1.54, 1.807) is 6.26 Å². The minimum Gasteiger partial charge on any atom is -0.469 e. The second kappa shape index (κ2) is 2.72. The molecule has 0 aliphatic rings. The fourth-order valence-electron chi connectivity index (χ4n) is 0.773. The second-order valence-electron chi connectivity index (χ2n) is 2.32. The number of furan rings is 1. The molecule has 0 fully saturated rings. The molecule has 50 valence electrons. The maximum atomic E-state index is 5.19. The summed E-state index contributed by atoms with van der Waals surface area (Å²) < 4.78 is 5.19. The van der Waals surface area contributed by atoms with Crippen molar-refractivity contribution in [1.29, 1.82) is 0 Å². The van der Waals surface area contributed by atoms with Crippen LogP contribution < -0.4 is 0 Å². The van der Waals surface area contributed by atoms with Gasteiger partial charge in [-0.3, -0.25) is 0 Å². The van der Waals surface area contributed by atoms with Gasteiger partial charge in [0.2, 0.25) is 0 Å². The van der Waals surface area contributed by atoms with Gasteiger partial charge in [-0.25, -0.2) is 0 Å². The lowest BCUT2D eigenvalue weighted by molar-refractivity contribution is 0.469. The van der Waals surface area contributed by atoms with E-state index in [2.05, 4.69) is 13.8 Å². The zero-order valence-electron chi connectivity index (χ0n) is 5.92. The molecule has 0 aromatic carbocycles. The average molecular weight is 124 g/mol. The molecule has 9 heavy (non-hydrogen) atoms. The van der Waals surface area contributed by atoms with Crippen LogP contribution in [-0.2, 0) is 0 Å². The van der Waals surface area contributed by atoms with Gasteiger partial charge in [0.1, 0.15) is 5.76 Å². The molecule has 1 heteroatoms. The van der Waals surface area contributed by atoms with Crippen molar-refractivity contribution in [2.75, 3.05) is 0 Å². The predicted octanol–water partition coefficient (Wildman–Crippen LogP) is 2.79. The Labute approximate surface area is 55.7 Å². The van der Waals surface area contributed by atoms with Crippen LogP contribution in [0, 0.1) is 0 Å². The van der Waals surface area contributed by atoms with Gasteiger partial charge in [-0.2, -0.15) is 0 Å². The Morgan fingerprint density at radius 3 is 2.89 bits per heavy atom. The topological polar surface area (TPSA) is 13.1 Å². The first-order chi connectivity index (χ1) is 4.34. The van der Waals surface area contributed by atoms with E-state index in [0.29, 0.717) is 5.92 Å². The number of hydrogen-bond acceptors (Lipinski definition) is 1. The van der Waals surface area contributed by atoms with E-state index in [-0.39, 0.29) is 0 Å². The van der Waals surface area contributed by atoms with Gasteiger partial charge in [0.25, 0.3) is 0 Å². The summed E-state index contributed by atoms with van der Waals surface area (Å²) in [5.41, 5.74) is 0. The van der Waals surface area contributed by atoms with Gasteiger partial charge in [0.05, 0.1) is 6.26 Å². The van der Waals surface area contributed by atoms with E-state index >= 15 is 0 Å². The first-order valence-corrected chi connectivity index (χ1v) is 3.38. The Morgan fingerprint density at radius 2 is 2.44 bits per heavy atom. The summed E-state index contributed by atoms with van der Waals surface area (Å²) in [6, 6.07) is 3.95. The van der Waals surface area contributed by atoms with Gasteiger partial charge in [-0.15, -0.1) is 0 Å². The molecule has 1 heterocycles. The third-order valence-corrected chi connectivity index (χ3v) is 1.64. The van der Waals surface area contributed by atoms with Gasteiger partial charge in [-0.05, 0) is 18.6 Å². The third kappa shape index (κ3) is 1.35. The summed E-state index contributed by atoms with van der Waals surface area (Å²) in [7, 11) is 0. The Kier molecular flexibility index (Phi) is 1.93. The summed E-state index contributed by atoms with van der Waals surface area (Å²) in [5, 5.41) is 0. The van der Waals surface area contributed by atoms with E-state index in [0.717, 1.165) is 12.2 Å². The van der Waals surface area contributed by atoms with Gasteiger partial charge >= 0.3 is 0 Å². The van der Waals surface area contributed by atoms with Crippen LogP contribution in [0.4, 0.5) is 0 Å². The molecule has 0 N–H and O–H groups in total. The lowest BCUT2D eigenvalue weighted by Gasteiger charge is -2.01. The number of rotatable bonds is 2. The Bertz CT molecular complexity index is 153. The smallest absolute Gasteiger partial charge is 0.106 e. The Hall–Kier alpha value is -0.720. The van der Waals surface area contributed by atoms with Crippen molar-refractivity contribution in [1.82, 2.24) is 0 Å². The average Bonchev–Trinajstić information content (AvgIpc) is 2.37. The summed E-state index contributed by atoms with van der Waals surface area (Å²) in [6.45, 7) is 4.33. The summed E-state index contributed by atoms with van der Waals surface area (Å²) in [6.07, 6.45) is 2.87. The van der Waals surface area contributed by atoms with Crippen molar-refractivity contribution < 1.29 is 4.42 Å². The van der Waals surface area contributed by atoms with Crippen LogP contribution >= 0.6 is 0 Å². The zero-order chi connectivity index (χ0) is 6.69. The fraction of sp³-hybridized carbons (Fsp3) is 0.500. The van der Waals surface area contributed by atoms with Crippen LogP contribution in [0.1, 0.15) is 31.9 Å². The van der Waals surface area contributed by atoms with E-state index in [1.165, 1.54) is 0 Å². The summed E-state index contributed by atoms with van der Waals surface area (Å²) >= 11 is 0. The summed E-state index contributed by atoms with van der Waals surface area (Å²) in [4.78, 5) is 0. The van der Waals surface area contributed by atoms with Crippen LogP contribution in [0.15, 0.2) is 22.8 Å². The normalized spacial score (nSPS) is 13.6. The first-order valence-electron chi connectivity index (χ1n) is 3.38. The Balaban J connectivity index is 2.65. The van der Waals surface area contributed by atoms with Crippen molar-refractivity contribution in [2.24, 2.45) is 0 Å². The molecular weight excluding hydrogens is 112 g/mol. The largest absolute Gasteiger partial charge is 0.469 e. The van der Waals surface area contributed by atoms with Crippen molar-refractivity contribution in [2.45, 2.75) is 26.2 Å². The monoisotopic (exact) mass is 124 g/mol. The van der Waals surface area contributed by atoms with Crippen LogP contribution in [0.25, 0.3) is 0 Å². The highest BCUT2D eigenvalue weighted by Gasteiger charge is 2.02. The molecule has 0 unspecified atom stereocenters. The molecule has 1 atom stereocenters. The molecule has 1 aromatic heterocycles. The summed E-state index contributed by atoms with van der Waals surface area (Å²) in [5.74, 6) is 1.66. The highest BCUT2D eigenvalue weighted by Crippen LogP contribution is 2.17. The number of hydrogen-bond donors (Lipinski definition) is 0. The van der Waals surface area contributed by atoms with Crippen LogP contribution in [-0.4, -0.2) is 0 Å². The van der Waals surface area contributed by atoms with Gasteiger partial charge in [-0.1, -0.05) is 13.8 Å². The quantitative estimate of drug-likeness (QED) is 0.590. The molecule has 0 saturated heterocycles. The van der Waals surface area contributed by atoms with Crippen LogP contribution in [0.2, 0.25) is 0 Å². The highest BCUT2D eigenvalue weighted by atomic mass is 16.3. The molecular formula is C8H12O. The van der Waals surface area contributed by atoms with Gasteiger partial charge in [0, 0.05) is 5.92 Å². The van der Waals surface area contributed by atoms with Crippen LogP contribution in [0.3, 0.4) is 0 Å². The minimum atomic E-state index is 0.569. The molecule has 0 aliphatic carbocycles. The first kappa shape index (κ1) is 6.40. The molecule has 0 aliphatic heterocycles. The van der Waals surface area contributed by atoms with E-state index < -0.39 is 0 Å². The van der Waals surface area contributed by atoms with Crippen molar-refractivity contribution >= 4 is 0 Å². The molecule has 0 bridgehead atoms. The lowest BCUT2D eigenvalue weighted by Crippen LogP contribution is -1.85. The van der Waals surface area contributed by atoms with E-state index in [9.17, 15) is 0 Å². The predicted molar refractivity (Wildman–Crippen MR) is 37.4 cm³/mol. The fourth-order valence-corrected chi connectivity index (χ4v) is 0.773. The van der Waals surface area contributed by atoms with Crippen LogP contribution in [0.5, 0.6) is 0 Å². The van der Waals surface area contributed by atoms with Crippen molar-refractivity contribution in [3.05, 3.63) is 24.2 Å². The molecule has 0 amide bonds. The highest BCUT2D eigenvalue weighted by molar-refractivity contribution is 5.03. The van der Waals surface area contributed by atoms with Crippen molar-refractivity contribution in [3.63, 3.8) is 0 Å². The maximum Gasteiger partial charge on any atom is 0.106 e. The zero-order valence-corrected chi connectivity index (χ0v) is 5.92. The molecule has 1 rings (SSSR count). The molecule has 0 spiro atoms.